The molecule has 0 saturated carbocycles. The summed E-state index contributed by atoms with van der Waals surface area (Å²) in [6, 6.07) is 4.47. The number of carbonyl (C=O) groups excluding carboxylic acids is 4. The molecule has 2 aliphatic rings. The first-order valence-corrected chi connectivity index (χ1v) is 15.1. The van der Waals surface area contributed by atoms with Crippen molar-refractivity contribution in [3.8, 4) is 0 Å². The number of alkyl halides is 3. The van der Waals surface area contributed by atoms with Crippen molar-refractivity contribution in [3.05, 3.63) is 41.5 Å². The van der Waals surface area contributed by atoms with Crippen molar-refractivity contribution in [2.45, 2.75) is 96.7 Å². The first-order valence-electron chi connectivity index (χ1n) is 15.1. The van der Waals surface area contributed by atoms with E-state index in [4.69, 9.17) is 4.74 Å². The van der Waals surface area contributed by atoms with E-state index in [-0.39, 0.29) is 18.4 Å². The summed E-state index contributed by atoms with van der Waals surface area (Å²) in [6.07, 6.45) is -0.475. The third-order valence-corrected chi connectivity index (χ3v) is 7.87. The minimum absolute atomic E-state index is 0.127. The van der Waals surface area contributed by atoms with Gasteiger partial charge in [-0.3, -0.25) is 24.2 Å². The highest BCUT2D eigenvalue weighted by molar-refractivity contribution is 5.92. The summed E-state index contributed by atoms with van der Waals surface area (Å²) in [5.74, 6) is -3.36. The minimum Gasteiger partial charge on any atom is -0.368 e. The van der Waals surface area contributed by atoms with Gasteiger partial charge in [0, 0.05) is 6.54 Å². The third kappa shape index (κ3) is 10.0. The van der Waals surface area contributed by atoms with Gasteiger partial charge in [-0.25, -0.2) is 5.43 Å². The summed E-state index contributed by atoms with van der Waals surface area (Å²) in [7, 11) is 0. The van der Waals surface area contributed by atoms with Crippen LogP contribution >= 0.6 is 0 Å². The summed E-state index contributed by atoms with van der Waals surface area (Å²) in [5, 5.41) is 9.61. The molecule has 10 nitrogen and oxygen atoms in total. The molecule has 13 heteroatoms. The average molecular weight is 624 g/mol. The van der Waals surface area contributed by atoms with Gasteiger partial charge in [0.1, 0.15) is 24.7 Å². The number of nitrogens with one attached hydrogen (secondary N) is 4. The molecule has 244 valence electrons. The highest BCUT2D eigenvalue weighted by atomic mass is 19.4. The monoisotopic (exact) mass is 623 g/mol. The lowest BCUT2D eigenvalue weighted by Gasteiger charge is -2.35. The van der Waals surface area contributed by atoms with Crippen LogP contribution in [-0.2, 0) is 23.9 Å². The van der Waals surface area contributed by atoms with Crippen molar-refractivity contribution in [3.63, 3.8) is 0 Å². The molecule has 5 unspecified atom stereocenters. The Balaban J connectivity index is 1.90. The van der Waals surface area contributed by atoms with E-state index >= 15 is 0 Å². The Hall–Kier alpha value is -3.45. The standard InChI is InChI=1S/C31H44F3N5O5/c1-18(2)26-29(42)36-21(5)30(43)39-15-9-13-24(38-39)28(41)35-20(4)23-12-8-11-22(16-23)10-6-7-14-25(19(3)27(40)37-26)44-17-31(32,33)34/h6,8,10-12,16,18-21,24-26,38H,7,9,13-15,17H2,1-5H3,(H,35,41)(H,36,42)(H,37,40)/b10-6+/t19?,20-,21?,24?,25?,26?/m1/s1. The van der Waals surface area contributed by atoms with Crippen molar-refractivity contribution in [2.75, 3.05) is 13.2 Å². The van der Waals surface area contributed by atoms with E-state index in [1.165, 1.54) is 18.9 Å². The number of halogens is 3. The number of hydrogen-bond acceptors (Lipinski definition) is 6. The summed E-state index contributed by atoms with van der Waals surface area (Å²) in [5.41, 5.74) is 4.66. The molecule has 4 bridgehead atoms. The molecule has 2 heterocycles. The van der Waals surface area contributed by atoms with Gasteiger partial charge in [-0.2, -0.15) is 13.2 Å². The van der Waals surface area contributed by atoms with Crippen LogP contribution in [0, 0.1) is 11.8 Å². The van der Waals surface area contributed by atoms with Crippen LogP contribution in [0.25, 0.3) is 6.08 Å². The first kappa shape index (κ1) is 35.0. The lowest BCUT2D eigenvalue weighted by atomic mass is 9.96. The van der Waals surface area contributed by atoms with Crippen LogP contribution < -0.4 is 21.4 Å². The smallest absolute Gasteiger partial charge is 0.368 e. The van der Waals surface area contributed by atoms with E-state index in [2.05, 4.69) is 21.4 Å². The van der Waals surface area contributed by atoms with E-state index < -0.39 is 66.6 Å². The van der Waals surface area contributed by atoms with E-state index in [0.29, 0.717) is 25.8 Å². The number of benzene rings is 1. The maximum atomic E-state index is 13.2. The Labute approximate surface area is 256 Å². The van der Waals surface area contributed by atoms with Crippen molar-refractivity contribution >= 4 is 29.7 Å². The maximum Gasteiger partial charge on any atom is 0.411 e. The molecular weight excluding hydrogens is 579 g/mol. The molecule has 1 saturated heterocycles. The Morgan fingerprint density at radius 2 is 1.66 bits per heavy atom. The molecule has 1 fully saturated rings. The topological polar surface area (TPSA) is 129 Å². The summed E-state index contributed by atoms with van der Waals surface area (Å²) < 4.78 is 44.3. The molecular formula is C31H44F3N5O5. The van der Waals surface area contributed by atoms with Gasteiger partial charge in [0.05, 0.1) is 18.1 Å². The fourth-order valence-electron chi connectivity index (χ4n) is 5.21. The van der Waals surface area contributed by atoms with Crippen molar-refractivity contribution in [2.24, 2.45) is 11.8 Å². The van der Waals surface area contributed by atoms with Gasteiger partial charge in [0.25, 0.3) is 5.91 Å². The molecule has 6 atom stereocenters. The fourth-order valence-corrected chi connectivity index (χ4v) is 5.21. The number of amides is 4. The van der Waals surface area contributed by atoms with Crippen LogP contribution in [0.2, 0.25) is 0 Å². The molecule has 0 aliphatic carbocycles. The molecule has 0 spiro atoms. The van der Waals surface area contributed by atoms with Gasteiger partial charge in [0.15, 0.2) is 0 Å². The van der Waals surface area contributed by atoms with Gasteiger partial charge < -0.3 is 20.7 Å². The largest absolute Gasteiger partial charge is 0.411 e. The van der Waals surface area contributed by atoms with Crippen LogP contribution in [-0.4, -0.2) is 72.2 Å². The lowest BCUT2D eigenvalue weighted by Crippen LogP contribution is -2.62. The molecule has 1 aromatic rings. The molecule has 4 amide bonds. The Bertz CT molecular complexity index is 1210. The lowest BCUT2D eigenvalue weighted by molar-refractivity contribution is -0.191. The Kier molecular flexibility index (Phi) is 12.4. The zero-order chi connectivity index (χ0) is 32.6. The molecule has 4 N–H and O–H groups in total. The van der Waals surface area contributed by atoms with Crippen LogP contribution in [0.3, 0.4) is 0 Å². The van der Waals surface area contributed by atoms with Gasteiger partial charge >= 0.3 is 6.18 Å². The number of hydrogen-bond donors (Lipinski definition) is 4. The summed E-state index contributed by atoms with van der Waals surface area (Å²) in [4.78, 5) is 52.8. The highest BCUT2D eigenvalue weighted by Crippen LogP contribution is 2.22. The van der Waals surface area contributed by atoms with Gasteiger partial charge in [-0.05, 0) is 62.6 Å². The number of hydrazine groups is 1. The molecule has 44 heavy (non-hydrogen) atoms. The van der Waals surface area contributed by atoms with Crippen molar-refractivity contribution in [1.82, 2.24) is 26.4 Å². The fraction of sp³-hybridized carbons (Fsp3) is 0.613. The highest BCUT2D eigenvalue weighted by Gasteiger charge is 2.36. The average Bonchev–Trinajstić information content (AvgIpc) is 2.97. The molecule has 2 aliphatic heterocycles. The normalized spacial score (nSPS) is 29.2. The second kappa shape index (κ2) is 15.5. The number of allylic oxidation sites excluding steroid dienone is 1. The van der Waals surface area contributed by atoms with Crippen LogP contribution in [0.1, 0.15) is 77.5 Å². The van der Waals surface area contributed by atoms with Crippen LogP contribution in [0.15, 0.2) is 30.3 Å². The predicted octanol–water partition coefficient (Wildman–Crippen LogP) is 3.40. The first-order chi connectivity index (χ1) is 20.7. The van der Waals surface area contributed by atoms with Gasteiger partial charge in [-0.1, -0.05) is 51.1 Å². The number of rotatable bonds is 3. The Morgan fingerprint density at radius 3 is 2.34 bits per heavy atom. The zero-order valence-corrected chi connectivity index (χ0v) is 25.9. The number of nitrogens with zero attached hydrogens (tertiary/aromatic N) is 1. The van der Waals surface area contributed by atoms with E-state index in [0.717, 1.165) is 11.1 Å². The number of ether oxygens (including phenoxy) is 1. The SMILES string of the molecule is CC1NC(=O)C(C(C)C)NC(=O)C(C)C(OCC(F)(F)F)CC/C=C/c2cccc(c2)[C@@H](C)NC(=O)C2CCCN(N2)C1=O. The summed E-state index contributed by atoms with van der Waals surface area (Å²) >= 11 is 0. The van der Waals surface area contributed by atoms with E-state index in [1.54, 1.807) is 19.9 Å². The zero-order valence-electron chi connectivity index (χ0n) is 25.9. The van der Waals surface area contributed by atoms with E-state index in [1.807, 2.05) is 37.3 Å². The van der Waals surface area contributed by atoms with Gasteiger partial charge in [-0.15, -0.1) is 0 Å². The van der Waals surface area contributed by atoms with Crippen molar-refractivity contribution in [1.29, 1.82) is 0 Å². The second-order valence-corrected chi connectivity index (χ2v) is 11.9. The quantitative estimate of drug-likeness (QED) is 0.409. The van der Waals surface area contributed by atoms with E-state index in [9.17, 15) is 32.3 Å². The van der Waals surface area contributed by atoms with Gasteiger partial charge in [0.2, 0.25) is 17.7 Å². The van der Waals surface area contributed by atoms with Crippen molar-refractivity contribution < 1.29 is 37.1 Å². The van der Waals surface area contributed by atoms with Crippen LogP contribution in [0.5, 0.6) is 0 Å². The van der Waals surface area contributed by atoms with Crippen LogP contribution in [0.4, 0.5) is 13.2 Å². The Morgan fingerprint density at radius 1 is 0.955 bits per heavy atom. The number of carbonyl (C=O) groups is 4. The molecule has 1 aromatic carbocycles. The minimum atomic E-state index is -4.58. The number of fused-ring (bicyclic) bond motifs is 4. The second-order valence-electron chi connectivity index (χ2n) is 11.9. The summed E-state index contributed by atoms with van der Waals surface area (Å²) in [6.45, 7) is 7.08. The molecule has 0 radical (unpaired) electrons. The molecule has 3 rings (SSSR count). The third-order valence-electron chi connectivity index (χ3n) is 7.87. The maximum absolute atomic E-state index is 13.2. The predicted molar refractivity (Wildman–Crippen MR) is 158 cm³/mol. The molecule has 0 aromatic heterocycles.